The lowest BCUT2D eigenvalue weighted by atomic mass is 9.66. The molecule has 0 bridgehead atoms. The van der Waals surface area contributed by atoms with E-state index in [0.29, 0.717) is 48.7 Å². The van der Waals surface area contributed by atoms with E-state index in [-0.39, 0.29) is 5.54 Å². The topological polar surface area (TPSA) is 12.0 Å². The third-order valence-corrected chi connectivity index (χ3v) is 10.6. The number of hydrogen-bond acceptors (Lipinski definition) is 1. The number of rotatable bonds is 11. The first-order valence-corrected chi connectivity index (χ1v) is 23.1. The molecule has 336 valence electrons. The predicted octanol–water partition coefficient (Wildman–Crippen LogP) is 19.7. The Kier molecular flexibility index (Phi) is 24.5. The summed E-state index contributed by atoms with van der Waals surface area (Å²) in [5.41, 5.74) is 6.96. The van der Waals surface area contributed by atoms with Crippen molar-refractivity contribution < 1.29 is 0 Å². The fourth-order valence-corrected chi connectivity index (χ4v) is 6.74. The SMILES string of the molecule is CC(C)(C)CCC(C)(C)CC(C)(C)C.CC(C)(C)CCCC(C)(C)C(C)(C)C.CC(C)(C)CCCCC(C)(C)C.CC(C)(C)Cc1ccc(NC(C)(C)C)cc1. The van der Waals surface area contributed by atoms with Crippen LogP contribution in [0.2, 0.25) is 0 Å². The summed E-state index contributed by atoms with van der Waals surface area (Å²) in [6.45, 7) is 65.0. The van der Waals surface area contributed by atoms with Crippen LogP contribution >= 0.6 is 0 Å². The molecule has 1 rings (SSSR count). The Hall–Kier alpha value is -0.980. The molecule has 0 unspecified atom stereocenters. The van der Waals surface area contributed by atoms with Crippen molar-refractivity contribution in [2.45, 2.75) is 270 Å². The van der Waals surface area contributed by atoms with Gasteiger partial charge in [-0.1, -0.05) is 204 Å². The summed E-state index contributed by atoms with van der Waals surface area (Å²) in [7, 11) is 0. The Labute approximate surface area is 358 Å². The van der Waals surface area contributed by atoms with Crippen LogP contribution in [0.1, 0.15) is 264 Å². The van der Waals surface area contributed by atoms with Gasteiger partial charge < -0.3 is 5.32 Å². The Morgan fingerprint density at radius 3 is 1.00 bits per heavy atom. The molecule has 1 aromatic carbocycles. The fourth-order valence-electron chi connectivity index (χ4n) is 6.74. The second-order valence-electron chi connectivity index (χ2n) is 28.6. The van der Waals surface area contributed by atoms with Crippen LogP contribution in [0.3, 0.4) is 0 Å². The lowest BCUT2D eigenvalue weighted by Gasteiger charge is -2.39. The van der Waals surface area contributed by atoms with Gasteiger partial charge in [0.2, 0.25) is 0 Å². The molecule has 0 aliphatic rings. The molecule has 0 aliphatic carbocycles. The number of unbranched alkanes of at least 4 members (excludes halogenated alkanes) is 1. The van der Waals surface area contributed by atoms with Gasteiger partial charge in [0.15, 0.2) is 0 Å². The molecule has 1 N–H and O–H groups in total. The number of hydrogen-bond donors (Lipinski definition) is 1. The highest BCUT2D eigenvalue weighted by Crippen LogP contribution is 2.43. The van der Waals surface area contributed by atoms with E-state index < -0.39 is 0 Å². The van der Waals surface area contributed by atoms with E-state index in [1.807, 2.05) is 0 Å². The summed E-state index contributed by atoms with van der Waals surface area (Å²) in [6.07, 6.45) is 14.7. The van der Waals surface area contributed by atoms with E-state index in [2.05, 4.69) is 223 Å². The molecule has 1 nitrogen and oxygen atoms in total. The number of anilines is 1. The Balaban J connectivity index is -0.000000673. The monoisotopic (exact) mass is 786 g/mol. The van der Waals surface area contributed by atoms with Gasteiger partial charge in [0.05, 0.1) is 0 Å². The van der Waals surface area contributed by atoms with Crippen LogP contribution in [0.5, 0.6) is 0 Å². The van der Waals surface area contributed by atoms with Crippen LogP contribution < -0.4 is 5.32 Å². The first-order valence-electron chi connectivity index (χ1n) is 23.1. The molecule has 1 heteroatoms. The normalized spacial score (nSPS) is 13.8. The maximum atomic E-state index is 3.47. The highest BCUT2D eigenvalue weighted by Gasteiger charge is 2.32. The van der Waals surface area contributed by atoms with E-state index in [9.17, 15) is 0 Å². The van der Waals surface area contributed by atoms with Crippen molar-refractivity contribution in [2.24, 2.45) is 48.7 Å². The van der Waals surface area contributed by atoms with E-state index in [1.54, 1.807) is 0 Å². The van der Waals surface area contributed by atoms with E-state index >= 15 is 0 Å². The zero-order valence-corrected chi connectivity index (χ0v) is 44.6. The van der Waals surface area contributed by atoms with Gasteiger partial charge >= 0.3 is 0 Å². The van der Waals surface area contributed by atoms with Gasteiger partial charge in [-0.05, 0) is 139 Å². The molecule has 0 radical (unpaired) electrons. The minimum Gasteiger partial charge on any atom is -0.380 e. The third kappa shape index (κ3) is 42.6. The van der Waals surface area contributed by atoms with Gasteiger partial charge in [0.25, 0.3) is 0 Å². The van der Waals surface area contributed by atoms with E-state index in [0.717, 1.165) is 6.42 Å². The Morgan fingerprint density at radius 2 is 0.714 bits per heavy atom. The lowest BCUT2D eigenvalue weighted by Crippen LogP contribution is -2.29. The molecule has 0 heterocycles. The van der Waals surface area contributed by atoms with Crippen LogP contribution in [0.4, 0.5) is 5.69 Å². The average Bonchev–Trinajstić information content (AvgIpc) is 2.87. The molecule has 0 fully saturated rings. The minimum atomic E-state index is 0.130. The molecule has 0 saturated heterocycles. The summed E-state index contributed by atoms with van der Waals surface area (Å²) >= 11 is 0. The molecule has 1 aromatic rings. The first kappa shape index (κ1) is 59.3. The fraction of sp³-hybridized carbons (Fsp3) is 0.891. The van der Waals surface area contributed by atoms with Gasteiger partial charge in [0.1, 0.15) is 0 Å². The van der Waals surface area contributed by atoms with Crippen LogP contribution in [0.25, 0.3) is 0 Å². The lowest BCUT2D eigenvalue weighted by molar-refractivity contribution is 0.111. The van der Waals surface area contributed by atoms with E-state index in [1.165, 1.54) is 75.5 Å². The molecule has 0 saturated carbocycles. The van der Waals surface area contributed by atoms with Crippen LogP contribution in [-0.2, 0) is 6.42 Å². The van der Waals surface area contributed by atoms with Crippen molar-refractivity contribution >= 4 is 5.69 Å². The quantitative estimate of drug-likeness (QED) is 0.220. The molecule has 0 amide bonds. The molecular formula is C55H111N. The summed E-state index contributed by atoms with van der Waals surface area (Å²) in [6, 6.07) is 8.79. The van der Waals surface area contributed by atoms with Gasteiger partial charge in [-0.25, -0.2) is 0 Å². The summed E-state index contributed by atoms with van der Waals surface area (Å²) < 4.78 is 0. The molecule has 56 heavy (non-hydrogen) atoms. The first-order chi connectivity index (χ1) is 24.2. The van der Waals surface area contributed by atoms with Gasteiger partial charge in [0, 0.05) is 11.2 Å². The molecule has 0 aromatic heterocycles. The minimum absolute atomic E-state index is 0.130. The van der Waals surface area contributed by atoms with Crippen molar-refractivity contribution in [1.82, 2.24) is 0 Å². The van der Waals surface area contributed by atoms with Gasteiger partial charge in [-0.3, -0.25) is 0 Å². The maximum absolute atomic E-state index is 3.47. The largest absolute Gasteiger partial charge is 0.380 e. The van der Waals surface area contributed by atoms with Crippen molar-refractivity contribution in [2.75, 3.05) is 5.32 Å². The average molecular weight is 786 g/mol. The zero-order valence-electron chi connectivity index (χ0n) is 44.6. The number of nitrogens with one attached hydrogen (secondary N) is 1. The Bertz CT molecular complexity index is 1070. The van der Waals surface area contributed by atoms with E-state index in [4.69, 9.17) is 0 Å². The second-order valence-corrected chi connectivity index (χ2v) is 28.6. The highest BCUT2D eigenvalue weighted by molar-refractivity contribution is 5.46. The van der Waals surface area contributed by atoms with Crippen LogP contribution in [0, 0.1) is 48.7 Å². The molecule has 0 atom stereocenters. The summed E-state index contributed by atoms with van der Waals surface area (Å²) in [5.74, 6) is 0. The van der Waals surface area contributed by atoms with Crippen LogP contribution in [0.15, 0.2) is 24.3 Å². The zero-order chi connectivity index (χ0) is 45.5. The summed E-state index contributed by atoms with van der Waals surface area (Å²) in [5, 5.41) is 3.47. The molecule has 0 spiro atoms. The van der Waals surface area contributed by atoms with Gasteiger partial charge in [-0.15, -0.1) is 0 Å². The second kappa shape index (κ2) is 23.1. The standard InChI is InChI=1S/C15H25N.2C14H30.C12H26/c1-14(2,3)11-12-7-9-13(10-8-12)16-15(4,5)6;1-12(2,3)9-10-14(7,8)11-13(4,5)6;1-12(2,3)10-9-11-14(7,8)13(4,5)6;1-11(2,3)9-7-8-10-12(4,5)6/h7-10,16H,11H2,1-6H3;2*9-11H2,1-8H3;7-10H2,1-6H3. The molecule has 0 aliphatic heterocycles. The third-order valence-electron chi connectivity index (χ3n) is 10.6. The van der Waals surface area contributed by atoms with Crippen LogP contribution in [-0.4, -0.2) is 5.54 Å². The van der Waals surface area contributed by atoms with Crippen molar-refractivity contribution in [3.8, 4) is 0 Å². The highest BCUT2D eigenvalue weighted by atomic mass is 14.9. The number of benzene rings is 1. The van der Waals surface area contributed by atoms with Crippen molar-refractivity contribution in [3.05, 3.63) is 29.8 Å². The predicted molar refractivity (Wildman–Crippen MR) is 263 cm³/mol. The van der Waals surface area contributed by atoms with Crippen molar-refractivity contribution in [1.29, 1.82) is 0 Å². The molecular weight excluding hydrogens is 675 g/mol. The van der Waals surface area contributed by atoms with Crippen molar-refractivity contribution in [3.63, 3.8) is 0 Å². The Morgan fingerprint density at radius 1 is 0.357 bits per heavy atom. The smallest absolute Gasteiger partial charge is 0.0344 e. The van der Waals surface area contributed by atoms with Gasteiger partial charge in [-0.2, -0.15) is 0 Å². The summed E-state index contributed by atoms with van der Waals surface area (Å²) in [4.78, 5) is 0. The maximum Gasteiger partial charge on any atom is 0.0344 e.